The summed E-state index contributed by atoms with van der Waals surface area (Å²) in [7, 11) is 0. The predicted molar refractivity (Wildman–Crippen MR) is 78.4 cm³/mol. The molecular formula is C16H28N2O2. The molecule has 0 aromatic heterocycles. The largest absolute Gasteiger partial charge is 0.381 e. The number of carbonyl (C=O) groups excluding carboxylic acids is 1. The molecular weight excluding hydrogens is 252 g/mol. The number of nitrogens with one attached hydrogen (secondary N) is 1. The highest BCUT2D eigenvalue weighted by Gasteiger charge is 2.42. The van der Waals surface area contributed by atoms with Crippen molar-refractivity contribution < 1.29 is 9.53 Å². The van der Waals surface area contributed by atoms with Crippen LogP contribution in [0, 0.1) is 17.3 Å². The van der Waals surface area contributed by atoms with Crippen molar-refractivity contribution in [1.29, 1.82) is 0 Å². The summed E-state index contributed by atoms with van der Waals surface area (Å²) in [6.07, 6.45) is 5.53. The Balaban J connectivity index is 1.49. The van der Waals surface area contributed by atoms with Gasteiger partial charge >= 0.3 is 0 Å². The number of nitrogens with zero attached hydrogens (tertiary/aromatic N) is 1. The fourth-order valence-corrected chi connectivity index (χ4v) is 4.06. The van der Waals surface area contributed by atoms with Gasteiger partial charge in [-0.25, -0.2) is 0 Å². The van der Waals surface area contributed by atoms with Crippen LogP contribution in [-0.4, -0.2) is 50.2 Å². The number of rotatable bonds is 3. The van der Waals surface area contributed by atoms with Gasteiger partial charge in [-0.15, -0.1) is 0 Å². The maximum Gasteiger partial charge on any atom is 0.222 e. The Kier molecular flexibility index (Phi) is 4.32. The molecule has 3 aliphatic heterocycles. The van der Waals surface area contributed by atoms with Crippen molar-refractivity contribution in [2.24, 2.45) is 17.3 Å². The third-order valence-corrected chi connectivity index (χ3v) is 5.61. The molecule has 3 saturated heterocycles. The first-order valence-electron chi connectivity index (χ1n) is 8.25. The molecule has 3 aliphatic rings. The smallest absolute Gasteiger partial charge is 0.222 e. The van der Waals surface area contributed by atoms with E-state index in [1.807, 2.05) is 0 Å². The molecule has 3 unspecified atom stereocenters. The maximum absolute atomic E-state index is 12.5. The van der Waals surface area contributed by atoms with Gasteiger partial charge in [-0.1, -0.05) is 6.92 Å². The summed E-state index contributed by atoms with van der Waals surface area (Å²) in [4.78, 5) is 14.6. The molecule has 114 valence electrons. The van der Waals surface area contributed by atoms with E-state index in [2.05, 4.69) is 17.1 Å². The molecule has 3 heterocycles. The molecule has 3 atom stereocenters. The van der Waals surface area contributed by atoms with Crippen molar-refractivity contribution in [1.82, 2.24) is 10.2 Å². The zero-order valence-electron chi connectivity index (χ0n) is 12.7. The number of hydrogen-bond donors (Lipinski definition) is 1. The molecule has 0 radical (unpaired) electrons. The molecule has 0 bridgehead atoms. The Morgan fingerprint density at radius 2 is 2.40 bits per heavy atom. The summed E-state index contributed by atoms with van der Waals surface area (Å²) < 4.78 is 5.54. The standard InChI is InChI=1S/C16H28N2O2/c1-13(14-3-2-6-17-10-14)9-15(19)18-7-4-16(11-18)5-8-20-12-16/h13-14,17H,2-12H2,1H3. The Morgan fingerprint density at radius 1 is 1.50 bits per heavy atom. The number of likely N-dealkylation sites (tertiary alicyclic amines) is 1. The minimum Gasteiger partial charge on any atom is -0.381 e. The van der Waals surface area contributed by atoms with Crippen LogP contribution in [0.2, 0.25) is 0 Å². The molecule has 0 aromatic rings. The molecule has 0 aliphatic carbocycles. The minimum absolute atomic E-state index is 0.297. The van der Waals surface area contributed by atoms with Crippen molar-refractivity contribution in [3.63, 3.8) is 0 Å². The first-order valence-corrected chi connectivity index (χ1v) is 8.25. The van der Waals surface area contributed by atoms with E-state index in [9.17, 15) is 4.79 Å². The number of amides is 1. The van der Waals surface area contributed by atoms with E-state index >= 15 is 0 Å². The lowest BCUT2D eigenvalue weighted by Crippen LogP contribution is -2.37. The summed E-state index contributed by atoms with van der Waals surface area (Å²) in [6.45, 7) is 8.10. The molecule has 0 saturated carbocycles. The molecule has 3 rings (SSSR count). The van der Waals surface area contributed by atoms with E-state index in [1.165, 1.54) is 12.8 Å². The molecule has 1 amide bonds. The first kappa shape index (κ1) is 14.3. The quantitative estimate of drug-likeness (QED) is 0.855. The Hall–Kier alpha value is -0.610. The Labute approximate surface area is 122 Å². The van der Waals surface area contributed by atoms with Crippen LogP contribution in [-0.2, 0) is 9.53 Å². The van der Waals surface area contributed by atoms with E-state index < -0.39 is 0 Å². The van der Waals surface area contributed by atoms with Gasteiger partial charge in [-0.2, -0.15) is 0 Å². The average Bonchev–Trinajstić information content (AvgIpc) is 3.10. The van der Waals surface area contributed by atoms with Crippen LogP contribution in [0.4, 0.5) is 0 Å². The average molecular weight is 280 g/mol. The van der Waals surface area contributed by atoms with Gasteiger partial charge in [0.2, 0.25) is 5.91 Å². The lowest BCUT2D eigenvalue weighted by Gasteiger charge is -2.29. The van der Waals surface area contributed by atoms with Crippen LogP contribution in [0.25, 0.3) is 0 Å². The Bertz CT molecular complexity index is 346. The van der Waals surface area contributed by atoms with Crippen molar-refractivity contribution >= 4 is 5.91 Å². The van der Waals surface area contributed by atoms with Crippen LogP contribution in [0.3, 0.4) is 0 Å². The second-order valence-corrected chi connectivity index (χ2v) is 7.16. The second-order valence-electron chi connectivity index (χ2n) is 7.16. The summed E-state index contributed by atoms with van der Waals surface area (Å²) >= 11 is 0. The van der Waals surface area contributed by atoms with E-state index in [4.69, 9.17) is 4.74 Å². The second kappa shape index (κ2) is 6.02. The lowest BCUT2D eigenvalue weighted by atomic mass is 9.85. The molecule has 4 heteroatoms. The van der Waals surface area contributed by atoms with Crippen LogP contribution in [0.15, 0.2) is 0 Å². The van der Waals surface area contributed by atoms with Gasteiger partial charge < -0.3 is 15.0 Å². The van der Waals surface area contributed by atoms with Crippen LogP contribution in [0.1, 0.15) is 39.0 Å². The molecule has 0 aromatic carbocycles. The molecule has 4 nitrogen and oxygen atoms in total. The third-order valence-electron chi connectivity index (χ3n) is 5.61. The van der Waals surface area contributed by atoms with E-state index in [-0.39, 0.29) is 0 Å². The SMILES string of the molecule is CC(CC(=O)N1CCC2(CCOC2)C1)C1CCCNC1. The maximum atomic E-state index is 12.5. The molecule has 1 spiro atoms. The van der Waals surface area contributed by atoms with Crippen molar-refractivity contribution in [3.8, 4) is 0 Å². The summed E-state index contributed by atoms with van der Waals surface area (Å²) in [5.74, 6) is 1.55. The predicted octanol–water partition coefficient (Wildman–Crippen LogP) is 1.65. The van der Waals surface area contributed by atoms with Crippen molar-refractivity contribution in [3.05, 3.63) is 0 Å². The van der Waals surface area contributed by atoms with Crippen molar-refractivity contribution in [2.75, 3.05) is 39.4 Å². The topological polar surface area (TPSA) is 41.6 Å². The number of piperidine rings is 1. The lowest BCUT2D eigenvalue weighted by molar-refractivity contribution is -0.131. The van der Waals surface area contributed by atoms with Gasteiger partial charge in [-0.05, 0) is 50.6 Å². The third kappa shape index (κ3) is 3.01. The fourth-order valence-electron chi connectivity index (χ4n) is 4.06. The van der Waals surface area contributed by atoms with Gasteiger partial charge in [0, 0.05) is 31.5 Å². The summed E-state index contributed by atoms with van der Waals surface area (Å²) in [5, 5.41) is 3.46. The van der Waals surface area contributed by atoms with Gasteiger partial charge in [0.15, 0.2) is 0 Å². The van der Waals surface area contributed by atoms with Crippen molar-refractivity contribution in [2.45, 2.75) is 39.0 Å². The molecule has 1 N–H and O–H groups in total. The molecule has 3 fully saturated rings. The van der Waals surface area contributed by atoms with E-state index in [0.29, 0.717) is 23.2 Å². The van der Waals surface area contributed by atoms with Crippen LogP contribution < -0.4 is 5.32 Å². The first-order chi connectivity index (χ1) is 9.69. The minimum atomic E-state index is 0.297. The summed E-state index contributed by atoms with van der Waals surface area (Å²) in [6, 6.07) is 0. The zero-order chi connectivity index (χ0) is 14.0. The summed E-state index contributed by atoms with van der Waals surface area (Å²) in [5.41, 5.74) is 0.297. The van der Waals surface area contributed by atoms with E-state index in [0.717, 1.165) is 58.7 Å². The van der Waals surface area contributed by atoms with Gasteiger partial charge in [0.05, 0.1) is 6.61 Å². The van der Waals surface area contributed by atoms with Crippen LogP contribution in [0.5, 0.6) is 0 Å². The number of hydrogen-bond acceptors (Lipinski definition) is 3. The zero-order valence-corrected chi connectivity index (χ0v) is 12.7. The Morgan fingerprint density at radius 3 is 3.10 bits per heavy atom. The number of ether oxygens (including phenoxy) is 1. The monoisotopic (exact) mass is 280 g/mol. The molecule has 20 heavy (non-hydrogen) atoms. The van der Waals surface area contributed by atoms with E-state index in [1.54, 1.807) is 0 Å². The normalized spacial score (nSPS) is 35.6. The van der Waals surface area contributed by atoms with Gasteiger partial charge in [0.25, 0.3) is 0 Å². The highest BCUT2D eigenvalue weighted by atomic mass is 16.5. The highest BCUT2D eigenvalue weighted by molar-refractivity contribution is 5.76. The fraction of sp³-hybridized carbons (Fsp3) is 0.938. The highest BCUT2D eigenvalue weighted by Crippen LogP contribution is 2.38. The van der Waals surface area contributed by atoms with Gasteiger partial charge in [0.1, 0.15) is 0 Å². The van der Waals surface area contributed by atoms with Crippen LogP contribution >= 0.6 is 0 Å². The van der Waals surface area contributed by atoms with Gasteiger partial charge in [-0.3, -0.25) is 4.79 Å². The number of carbonyl (C=O) groups is 1.